The summed E-state index contributed by atoms with van der Waals surface area (Å²) in [4.78, 5) is 7.69. The fourth-order valence-corrected chi connectivity index (χ4v) is 3.76. The predicted molar refractivity (Wildman–Crippen MR) is 72.4 cm³/mol. The molecule has 0 saturated carbocycles. The second-order valence-corrected chi connectivity index (χ2v) is 6.00. The highest BCUT2D eigenvalue weighted by atomic mass is 19.1. The molecule has 2 aromatic rings. The number of nitrogens with zero attached hydrogens (tertiary/aromatic N) is 1. The molecule has 100 valence electrons. The van der Waals surface area contributed by atoms with Gasteiger partial charge < -0.3 is 10.3 Å². The van der Waals surface area contributed by atoms with Crippen molar-refractivity contribution >= 4 is 11.0 Å². The molecule has 2 unspecified atom stereocenters. The first-order chi connectivity index (χ1) is 9.28. The van der Waals surface area contributed by atoms with Crippen LogP contribution in [-0.2, 0) is 6.42 Å². The number of aromatic amines is 1. The number of hydrogen-bond acceptors (Lipinski definition) is 2. The summed E-state index contributed by atoms with van der Waals surface area (Å²) in [5.74, 6) is 1.39. The van der Waals surface area contributed by atoms with Crippen molar-refractivity contribution in [1.82, 2.24) is 15.3 Å². The van der Waals surface area contributed by atoms with Gasteiger partial charge in [0.1, 0.15) is 11.3 Å². The van der Waals surface area contributed by atoms with E-state index in [0.717, 1.165) is 17.8 Å². The fraction of sp³-hybridized carbons (Fsp3) is 0.533. The summed E-state index contributed by atoms with van der Waals surface area (Å²) in [7, 11) is 0. The van der Waals surface area contributed by atoms with Crippen molar-refractivity contribution in [2.45, 2.75) is 44.2 Å². The standard InChI is InChI=1S/C15H18FN3/c16-12-2-1-3-13-15(12)19-14(18-13)8-9-6-10-4-5-11(7-9)17-10/h1-3,9-11,17H,4-8H2,(H,18,19). The highest BCUT2D eigenvalue weighted by Crippen LogP contribution is 2.32. The molecule has 0 spiro atoms. The van der Waals surface area contributed by atoms with Gasteiger partial charge in [-0.2, -0.15) is 0 Å². The monoisotopic (exact) mass is 259 g/mol. The van der Waals surface area contributed by atoms with E-state index in [1.54, 1.807) is 6.07 Å². The van der Waals surface area contributed by atoms with E-state index in [4.69, 9.17) is 0 Å². The minimum Gasteiger partial charge on any atom is -0.342 e. The lowest BCUT2D eigenvalue weighted by molar-refractivity contribution is 0.295. The molecule has 0 amide bonds. The van der Waals surface area contributed by atoms with Gasteiger partial charge in [-0.15, -0.1) is 0 Å². The lowest BCUT2D eigenvalue weighted by atomic mass is 9.89. The second-order valence-electron chi connectivity index (χ2n) is 6.00. The molecule has 1 aromatic heterocycles. The van der Waals surface area contributed by atoms with Crippen molar-refractivity contribution in [2.24, 2.45) is 5.92 Å². The van der Waals surface area contributed by atoms with Gasteiger partial charge in [-0.1, -0.05) is 6.07 Å². The van der Waals surface area contributed by atoms with Gasteiger partial charge in [0.2, 0.25) is 0 Å². The summed E-state index contributed by atoms with van der Waals surface area (Å²) in [6.07, 6.45) is 6.04. The number of para-hydroxylation sites is 1. The Morgan fingerprint density at radius 2 is 2.00 bits per heavy atom. The van der Waals surface area contributed by atoms with Gasteiger partial charge in [0.05, 0.1) is 5.52 Å². The Balaban J connectivity index is 1.56. The molecule has 1 aromatic carbocycles. The summed E-state index contributed by atoms with van der Waals surface area (Å²) in [6.45, 7) is 0. The van der Waals surface area contributed by atoms with Gasteiger partial charge in [0, 0.05) is 18.5 Å². The largest absolute Gasteiger partial charge is 0.342 e. The first-order valence-corrected chi connectivity index (χ1v) is 7.17. The average Bonchev–Trinajstić information content (AvgIpc) is 2.94. The topological polar surface area (TPSA) is 40.7 Å². The molecule has 2 fully saturated rings. The van der Waals surface area contributed by atoms with Crippen molar-refractivity contribution in [3.63, 3.8) is 0 Å². The van der Waals surface area contributed by atoms with Crippen molar-refractivity contribution in [1.29, 1.82) is 0 Å². The Kier molecular flexibility index (Phi) is 2.58. The molecule has 0 aliphatic carbocycles. The fourth-order valence-electron chi connectivity index (χ4n) is 3.76. The summed E-state index contributed by atoms with van der Waals surface area (Å²) in [5.41, 5.74) is 1.29. The van der Waals surface area contributed by atoms with E-state index >= 15 is 0 Å². The zero-order chi connectivity index (χ0) is 12.8. The molecule has 2 atom stereocenters. The summed E-state index contributed by atoms with van der Waals surface area (Å²) < 4.78 is 13.6. The molecule has 3 heterocycles. The van der Waals surface area contributed by atoms with E-state index in [0.29, 0.717) is 23.5 Å². The van der Waals surface area contributed by atoms with Crippen LogP contribution >= 0.6 is 0 Å². The number of halogens is 1. The van der Waals surface area contributed by atoms with E-state index in [-0.39, 0.29) is 5.82 Å². The number of H-pyrrole nitrogens is 1. The normalized spacial score (nSPS) is 30.1. The number of fused-ring (bicyclic) bond motifs is 3. The van der Waals surface area contributed by atoms with Crippen LogP contribution in [-0.4, -0.2) is 22.1 Å². The predicted octanol–water partition coefficient (Wildman–Crippen LogP) is 2.78. The average molecular weight is 259 g/mol. The van der Waals surface area contributed by atoms with Gasteiger partial charge in [-0.25, -0.2) is 9.37 Å². The van der Waals surface area contributed by atoms with Crippen molar-refractivity contribution in [3.8, 4) is 0 Å². The van der Waals surface area contributed by atoms with Gasteiger partial charge in [-0.05, 0) is 43.7 Å². The molecular formula is C15H18FN3. The van der Waals surface area contributed by atoms with E-state index in [2.05, 4.69) is 15.3 Å². The zero-order valence-electron chi connectivity index (χ0n) is 10.8. The van der Waals surface area contributed by atoms with Crippen LogP contribution in [0.4, 0.5) is 4.39 Å². The van der Waals surface area contributed by atoms with Crippen LogP contribution in [0.5, 0.6) is 0 Å². The molecule has 2 bridgehead atoms. The van der Waals surface area contributed by atoms with E-state index in [1.165, 1.54) is 31.7 Å². The Morgan fingerprint density at radius 3 is 2.74 bits per heavy atom. The maximum absolute atomic E-state index is 13.6. The van der Waals surface area contributed by atoms with Gasteiger partial charge in [-0.3, -0.25) is 0 Å². The number of piperidine rings is 1. The lowest BCUT2D eigenvalue weighted by Crippen LogP contribution is -2.38. The minimum absolute atomic E-state index is 0.231. The van der Waals surface area contributed by atoms with Crippen molar-refractivity contribution in [3.05, 3.63) is 29.8 Å². The zero-order valence-corrected chi connectivity index (χ0v) is 10.8. The van der Waals surface area contributed by atoms with Crippen molar-refractivity contribution < 1.29 is 4.39 Å². The molecule has 3 nitrogen and oxygen atoms in total. The Labute approximate surface area is 111 Å². The van der Waals surface area contributed by atoms with Crippen LogP contribution in [0.1, 0.15) is 31.5 Å². The maximum atomic E-state index is 13.6. The first-order valence-electron chi connectivity index (χ1n) is 7.17. The van der Waals surface area contributed by atoms with E-state index in [9.17, 15) is 4.39 Å². The molecule has 4 heteroatoms. The SMILES string of the molecule is Fc1cccc2[nH]c(CC3CC4CCC(C3)N4)nc12. The van der Waals surface area contributed by atoms with Crippen LogP contribution in [0.2, 0.25) is 0 Å². The van der Waals surface area contributed by atoms with E-state index < -0.39 is 0 Å². The first kappa shape index (κ1) is 11.4. The highest BCUT2D eigenvalue weighted by molar-refractivity contribution is 5.75. The number of imidazole rings is 1. The summed E-state index contributed by atoms with van der Waals surface area (Å²) in [5, 5.41) is 3.65. The quantitative estimate of drug-likeness (QED) is 0.870. The summed E-state index contributed by atoms with van der Waals surface area (Å²) in [6, 6.07) is 6.48. The molecule has 2 N–H and O–H groups in total. The van der Waals surface area contributed by atoms with Crippen molar-refractivity contribution in [2.75, 3.05) is 0 Å². The Morgan fingerprint density at radius 1 is 1.21 bits per heavy atom. The molecular weight excluding hydrogens is 241 g/mol. The number of rotatable bonds is 2. The molecule has 4 rings (SSSR count). The molecule has 2 aliphatic rings. The van der Waals surface area contributed by atoms with Gasteiger partial charge in [0.25, 0.3) is 0 Å². The number of benzene rings is 1. The molecule has 0 radical (unpaired) electrons. The Bertz CT molecular complexity index is 594. The van der Waals surface area contributed by atoms with Crippen LogP contribution in [0, 0.1) is 11.7 Å². The third-order valence-corrected chi connectivity index (χ3v) is 4.57. The van der Waals surface area contributed by atoms with Crippen LogP contribution in [0.25, 0.3) is 11.0 Å². The maximum Gasteiger partial charge on any atom is 0.151 e. The third-order valence-electron chi connectivity index (χ3n) is 4.57. The number of aromatic nitrogens is 2. The minimum atomic E-state index is -0.231. The second kappa shape index (κ2) is 4.30. The summed E-state index contributed by atoms with van der Waals surface area (Å²) >= 11 is 0. The van der Waals surface area contributed by atoms with Gasteiger partial charge in [0.15, 0.2) is 5.82 Å². The number of nitrogens with one attached hydrogen (secondary N) is 2. The molecule has 19 heavy (non-hydrogen) atoms. The van der Waals surface area contributed by atoms with Crippen LogP contribution in [0.15, 0.2) is 18.2 Å². The van der Waals surface area contributed by atoms with Gasteiger partial charge >= 0.3 is 0 Å². The van der Waals surface area contributed by atoms with Crippen LogP contribution in [0.3, 0.4) is 0 Å². The smallest absolute Gasteiger partial charge is 0.151 e. The molecule has 2 saturated heterocycles. The Hall–Kier alpha value is -1.42. The van der Waals surface area contributed by atoms with Crippen LogP contribution < -0.4 is 5.32 Å². The molecule has 2 aliphatic heterocycles. The van der Waals surface area contributed by atoms with E-state index in [1.807, 2.05) is 6.07 Å². The third kappa shape index (κ3) is 2.04. The highest BCUT2D eigenvalue weighted by Gasteiger charge is 2.33. The lowest BCUT2D eigenvalue weighted by Gasteiger charge is -2.28. The number of hydrogen-bond donors (Lipinski definition) is 2.